The smallest absolute Gasteiger partial charge is 0.285 e. The van der Waals surface area contributed by atoms with Crippen molar-refractivity contribution in [3.05, 3.63) is 71.4 Å². The van der Waals surface area contributed by atoms with Crippen LogP contribution in [0.2, 0.25) is 0 Å². The first-order valence-electron chi connectivity index (χ1n) is 10.9. The Morgan fingerprint density at radius 1 is 0.971 bits per heavy atom. The van der Waals surface area contributed by atoms with Crippen molar-refractivity contribution in [2.75, 3.05) is 37.3 Å². The van der Waals surface area contributed by atoms with Crippen LogP contribution in [0.15, 0.2) is 54.6 Å². The maximum Gasteiger partial charge on any atom is 0.285 e. The van der Waals surface area contributed by atoms with Crippen LogP contribution in [0.1, 0.15) is 26.4 Å². The summed E-state index contributed by atoms with van der Waals surface area (Å²) < 4.78 is 24.2. The summed E-state index contributed by atoms with van der Waals surface area (Å²) in [5, 5.41) is 17.6. The normalized spacial score (nSPS) is 14.0. The highest BCUT2D eigenvalue weighted by Crippen LogP contribution is 2.27. The number of nitrogens with one attached hydrogen (secondary N) is 1. The molecule has 0 saturated carbocycles. The van der Waals surface area contributed by atoms with Gasteiger partial charge in [0.2, 0.25) is 10.0 Å². The Labute approximate surface area is 203 Å². The number of aromatic nitrogens is 2. The number of piperazine rings is 1. The summed E-state index contributed by atoms with van der Waals surface area (Å²) in [6.07, 6.45) is 0.887. The van der Waals surface area contributed by atoms with Crippen LogP contribution in [-0.4, -0.2) is 72.9 Å². The number of hydrogen-bond acceptors (Lipinski definition) is 8. The summed E-state index contributed by atoms with van der Waals surface area (Å²) >= 11 is 0. The van der Waals surface area contributed by atoms with Crippen molar-refractivity contribution >= 4 is 27.7 Å². The van der Waals surface area contributed by atoms with Gasteiger partial charge in [-0.1, -0.05) is 18.2 Å². The number of nitrogens with zero attached hydrogens (tertiary/aromatic N) is 4. The van der Waals surface area contributed by atoms with Crippen LogP contribution in [0, 0.1) is 6.92 Å². The summed E-state index contributed by atoms with van der Waals surface area (Å²) in [4.78, 5) is 28.7. The van der Waals surface area contributed by atoms with Gasteiger partial charge in [-0.05, 0) is 60.0 Å². The van der Waals surface area contributed by atoms with E-state index in [0.717, 1.165) is 22.9 Å². The summed E-state index contributed by atoms with van der Waals surface area (Å²) in [6, 6.07) is 15.6. The van der Waals surface area contributed by atoms with Gasteiger partial charge in [-0.2, -0.15) is 0 Å². The van der Waals surface area contributed by atoms with E-state index in [1.807, 2.05) is 34.7 Å². The van der Waals surface area contributed by atoms with Gasteiger partial charge in [-0.15, -0.1) is 10.2 Å². The number of hydrogen-bond donors (Lipinski definition) is 2. The minimum Gasteiger partial charge on any atom is -0.508 e. The lowest BCUT2D eigenvalue weighted by molar-refractivity contribution is 0.0746. The third-order valence-electron chi connectivity index (χ3n) is 5.68. The molecule has 10 nitrogen and oxygen atoms in total. The van der Waals surface area contributed by atoms with Crippen molar-refractivity contribution < 1.29 is 23.1 Å². The molecule has 2 heterocycles. The van der Waals surface area contributed by atoms with Crippen LogP contribution in [0.5, 0.6) is 5.75 Å². The topological polar surface area (TPSA) is 133 Å². The zero-order valence-electron chi connectivity index (χ0n) is 19.3. The zero-order chi connectivity index (χ0) is 25.2. The predicted molar refractivity (Wildman–Crippen MR) is 131 cm³/mol. The molecule has 1 saturated heterocycles. The number of amides is 2. The first-order valence-corrected chi connectivity index (χ1v) is 12.8. The third kappa shape index (κ3) is 5.75. The van der Waals surface area contributed by atoms with Crippen molar-refractivity contribution in [2.45, 2.75) is 6.92 Å². The molecule has 1 aliphatic heterocycles. The number of benzene rings is 2. The van der Waals surface area contributed by atoms with Crippen LogP contribution in [0.3, 0.4) is 0 Å². The van der Waals surface area contributed by atoms with E-state index in [9.17, 15) is 23.1 Å². The van der Waals surface area contributed by atoms with Gasteiger partial charge < -0.3 is 14.9 Å². The van der Waals surface area contributed by atoms with Crippen LogP contribution in [0.4, 0.5) is 5.82 Å². The van der Waals surface area contributed by atoms with E-state index in [0.29, 0.717) is 37.6 Å². The molecule has 1 aromatic heterocycles. The molecule has 0 radical (unpaired) electrons. The molecule has 1 fully saturated rings. The summed E-state index contributed by atoms with van der Waals surface area (Å²) in [7, 11) is -3.69. The van der Waals surface area contributed by atoms with Crippen LogP contribution in [-0.2, 0) is 10.0 Å². The molecule has 0 bridgehead atoms. The Morgan fingerprint density at radius 3 is 2.31 bits per heavy atom. The number of aromatic hydroxyl groups is 1. The van der Waals surface area contributed by atoms with Crippen LogP contribution < -0.4 is 9.62 Å². The second-order valence-electron chi connectivity index (χ2n) is 8.34. The van der Waals surface area contributed by atoms with E-state index in [1.165, 1.54) is 6.07 Å². The molecular weight excluding hydrogens is 470 g/mol. The SMILES string of the molecule is Cc1cc(C(=O)N2CCN(c3ccc(C(=O)NS(C)(=O)=O)nn3)CC2)ccc1-c1cccc(O)c1. The molecule has 11 heteroatoms. The van der Waals surface area contributed by atoms with E-state index in [4.69, 9.17) is 0 Å². The van der Waals surface area contributed by atoms with E-state index in [-0.39, 0.29) is 17.4 Å². The van der Waals surface area contributed by atoms with Gasteiger partial charge >= 0.3 is 0 Å². The Kier molecular flexibility index (Phi) is 6.70. The second-order valence-corrected chi connectivity index (χ2v) is 10.1. The van der Waals surface area contributed by atoms with Crippen molar-refractivity contribution in [2.24, 2.45) is 0 Å². The summed E-state index contributed by atoms with van der Waals surface area (Å²) in [5.74, 6) is -0.169. The Bertz CT molecular complexity index is 1370. The Morgan fingerprint density at radius 2 is 1.71 bits per heavy atom. The van der Waals surface area contributed by atoms with E-state index in [1.54, 1.807) is 35.2 Å². The molecule has 2 N–H and O–H groups in total. The molecule has 3 aromatic rings. The van der Waals surface area contributed by atoms with Gasteiger partial charge in [-0.25, -0.2) is 13.1 Å². The average Bonchev–Trinajstić information content (AvgIpc) is 2.82. The largest absolute Gasteiger partial charge is 0.508 e. The third-order valence-corrected chi connectivity index (χ3v) is 6.24. The summed E-state index contributed by atoms with van der Waals surface area (Å²) in [5.41, 5.74) is 3.28. The minimum atomic E-state index is -3.69. The number of aryl methyl sites for hydroxylation is 1. The highest BCUT2D eigenvalue weighted by Gasteiger charge is 2.24. The molecule has 4 rings (SSSR count). The molecule has 2 amide bonds. The highest BCUT2D eigenvalue weighted by molar-refractivity contribution is 7.89. The zero-order valence-corrected chi connectivity index (χ0v) is 20.1. The fourth-order valence-corrected chi connectivity index (χ4v) is 4.39. The quantitative estimate of drug-likeness (QED) is 0.548. The molecule has 0 atom stereocenters. The minimum absolute atomic E-state index is 0.0610. The van der Waals surface area contributed by atoms with Crippen molar-refractivity contribution in [1.29, 1.82) is 0 Å². The lowest BCUT2D eigenvalue weighted by Gasteiger charge is -2.35. The van der Waals surface area contributed by atoms with Gasteiger partial charge in [0, 0.05) is 31.7 Å². The van der Waals surface area contributed by atoms with E-state index >= 15 is 0 Å². The first kappa shape index (κ1) is 24.1. The van der Waals surface area contributed by atoms with Crippen LogP contribution in [0.25, 0.3) is 11.1 Å². The monoisotopic (exact) mass is 495 g/mol. The number of carbonyl (C=O) groups is 2. The van der Waals surface area contributed by atoms with Crippen molar-refractivity contribution in [1.82, 2.24) is 19.8 Å². The number of anilines is 1. The molecule has 0 aliphatic carbocycles. The number of phenols is 1. The highest BCUT2D eigenvalue weighted by atomic mass is 32.2. The number of sulfonamides is 1. The number of phenolic OH excluding ortho intramolecular Hbond substituents is 1. The predicted octanol–water partition coefficient (Wildman–Crippen LogP) is 1.81. The standard InChI is InChI=1S/C24H25N5O5S/c1-16-14-18(6-7-20(16)17-4-3-5-19(30)15-17)24(32)29-12-10-28(11-13-29)22-9-8-21(25-26-22)23(31)27-35(2,33)34/h3-9,14-15,30H,10-13H2,1-2H3,(H,27,31). The first-order chi connectivity index (χ1) is 16.6. The molecule has 182 valence electrons. The number of carbonyl (C=O) groups excluding carboxylic acids is 2. The molecular formula is C24H25N5O5S. The Balaban J connectivity index is 1.38. The molecule has 0 spiro atoms. The average molecular weight is 496 g/mol. The van der Waals surface area contributed by atoms with Gasteiger partial charge in [0.05, 0.1) is 6.26 Å². The summed E-state index contributed by atoms with van der Waals surface area (Å²) in [6.45, 7) is 3.99. The molecule has 1 aliphatic rings. The maximum absolute atomic E-state index is 13.1. The maximum atomic E-state index is 13.1. The van der Waals surface area contributed by atoms with Gasteiger partial charge in [0.1, 0.15) is 5.75 Å². The van der Waals surface area contributed by atoms with Crippen molar-refractivity contribution in [3.8, 4) is 16.9 Å². The van der Waals surface area contributed by atoms with Crippen LogP contribution >= 0.6 is 0 Å². The van der Waals surface area contributed by atoms with Gasteiger partial charge in [-0.3, -0.25) is 9.59 Å². The molecule has 0 unspecified atom stereocenters. The van der Waals surface area contributed by atoms with E-state index in [2.05, 4.69) is 10.2 Å². The fourth-order valence-electron chi connectivity index (χ4n) is 3.95. The fraction of sp³-hybridized carbons (Fsp3) is 0.250. The Hall–Kier alpha value is -3.99. The molecule has 35 heavy (non-hydrogen) atoms. The molecule has 2 aromatic carbocycles. The second kappa shape index (κ2) is 9.71. The lowest BCUT2D eigenvalue weighted by atomic mass is 9.98. The lowest BCUT2D eigenvalue weighted by Crippen LogP contribution is -2.49. The van der Waals surface area contributed by atoms with Gasteiger partial charge in [0.25, 0.3) is 11.8 Å². The van der Waals surface area contributed by atoms with Crippen molar-refractivity contribution in [3.63, 3.8) is 0 Å². The van der Waals surface area contributed by atoms with Gasteiger partial charge in [0.15, 0.2) is 11.5 Å². The van der Waals surface area contributed by atoms with E-state index < -0.39 is 15.9 Å². The number of rotatable bonds is 5.